The van der Waals surface area contributed by atoms with Gasteiger partial charge in [0.25, 0.3) is 0 Å². The number of rotatable bonds is 2. The van der Waals surface area contributed by atoms with Gasteiger partial charge < -0.3 is 5.32 Å². The summed E-state index contributed by atoms with van der Waals surface area (Å²) >= 11 is 2.19. The van der Waals surface area contributed by atoms with Crippen molar-refractivity contribution in [2.75, 3.05) is 7.05 Å². The van der Waals surface area contributed by atoms with Gasteiger partial charge in [0, 0.05) is 7.05 Å². The molecule has 0 aromatic heterocycles. The highest BCUT2D eigenvalue weighted by molar-refractivity contribution is 14.1. The Morgan fingerprint density at radius 3 is 2.62 bits per heavy atom. The third kappa shape index (κ3) is 4.18. The molecule has 0 aromatic carbocycles. The average molecular weight is 223 g/mol. The zero-order valence-electron chi connectivity index (χ0n) is 5.11. The van der Waals surface area contributed by atoms with E-state index in [2.05, 4.69) is 27.9 Å². The quantitative estimate of drug-likeness (QED) is 0.558. The maximum atomic E-state index is 2.94. The van der Waals surface area contributed by atoms with E-state index in [4.69, 9.17) is 0 Å². The third-order valence-corrected chi connectivity index (χ3v) is 1.06. The summed E-state index contributed by atoms with van der Waals surface area (Å²) in [5.41, 5.74) is 1.24. The highest BCUT2D eigenvalue weighted by Crippen LogP contribution is 1.94. The van der Waals surface area contributed by atoms with E-state index in [1.807, 2.05) is 30.3 Å². The van der Waals surface area contributed by atoms with Crippen molar-refractivity contribution in [3.05, 3.63) is 21.9 Å². The van der Waals surface area contributed by atoms with Crippen LogP contribution in [-0.2, 0) is 0 Å². The molecule has 0 heterocycles. The summed E-state index contributed by atoms with van der Waals surface area (Å²) in [6.07, 6.45) is 3.99. The van der Waals surface area contributed by atoms with Crippen LogP contribution in [0, 0.1) is 0 Å². The summed E-state index contributed by atoms with van der Waals surface area (Å²) in [5, 5.41) is 2.94. The molecule has 1 N–H and O–H groups in total. The van der Waals surface area contributed by atoms with Crippen LogP contribution in [0.2, 0.25) is 0 Å². The first-order chi connectivity index (χ1) is 3.81. The molecule has 0 aliphatic carbocycles. The Balaban J connectivity index is 3.61. The molecule has 46 valence electrons. The van der Waals surface area contributed by atoms with E-state index < -0.39 is 0 Å². The SMILES string of the molecule is CN/C=C(C)\C=C/I. The highest BCUT2D eigenvalue weighted by atomic mass is 127. The molecule has 0 aromatic rings. The third-order valence-electron chi connectivity index (χ3n) is 0.698. The zero-order chi connectivity index (χ0) is 6.41. The highest BCUT2D eigenvalue weighted by Gasteiger charge is 1.73. The fourth-order valence-electron chi connectivity index (χ4n) is 0.375. The molecule has 0 radical (unpaired) electrons. The smallest absolute Gasteiger partial charge is 0.00277 e. The molecule has 0 aliphatic rings. The second kappa shape index (κ2) is 5.15. The summed E-state index contributed by atoms with van der Waals surface area (Å²) in [7, 11) is 1.89. The van der Waals surface area contributed by atoms with Crippen molar-refractivity contribution in [1.82, 2.24) is 5.32 Å². The minimum Gasteiger partial charge on any atom is -0.394 e. The first-order valence-electron chi connectivity index (χ1n) is 2.42. The van der Waals surface area contributed by atoms with E-state index in [0.29, 0.717) is 0 Å². The zero-order valence-corrected chi connectivity index (χ0v) is 7.27. The summed E-state index contributed by atoms with van der Waals surface area (Å²) in [5.74, 6) is 0. The molecule has 0 fully saturated rings. The maximum absolute atomic E-state index is 2.94. The monoisotopic (exact) mass is 223 g/mol. The van der Waals surface area contributed by atoms with Gasteiger partial charge in [-0.25, -0.2) is 0 Å². The average Bonchev–Trinajstić information content (AvgIpc) is 1.68. The molecule has 0 unspecified atom stereocenters. The Morgan fingerprint density at radius 1 is 1.62 bits per heavy atom. The summed E-state index contributed by atoms with van der Waals surface area (Å²) in [6, 6.07) is 0. The molecule has 0 spiro atoms. The normalized spacial score (nSPS) is 12.6. The van der Waals surface area contributed by atoms with Crippen LogP contribution in [0.5, 0.6) is 0 Å². The van der Waals surface area contributed by atoms with Gasteiger partial charge in [0.05, 0.1) is 0 Å². The van der Waals surface area contributed by atoms with Crippen molar-refractivity contribution in [1.29, 1.82) is 0 Å². The van der Waals surface area contributed by atoms with E-state index in [1.54, 1.807) is 0 Å². The standard InChI is InChI=1S/C6H10IN/c1-6(3-4-7)5-8-2/h3-5,8H,1-2H3/b4-3-,6-5-. The van der Waals surface area contributed by atoms with E-state index >= 15 is 0 Å². The number of hydrogen-bond acceptors (Lipinski definition) is 1. The summed E-state index contributed by atoms with van der Waals surface area (Å²) in [6.45, 7) is 2.05. The molecular weight excluding hydrogens is 213 g/mol. The maximum Gasteiger partial charge on any atom is 0.00277 e. The molecular formula is C6H10IN. The first kappa shape index (κ1) is 8.01. The Labute approximate surface area is 64.0 Å². The molecule has 0 aliphatic heterocycles. The lowest BCUT2D eigenvalue weighted by atomic mass is 10.3. The minimum atomic E-state index is 1.24. The first-order valence-corrected chi connectivity index (χ1v) is 3.66. The van der Waals surface area contributed by atoms with Gasteiger partial charge in [-0.15, -0.1) is 0 Å². The number of allylic oxidation sites excluding steroid dienone is 2. The van der Waals surface area contributed by atoms with Crippen molar-refractivity contribution < 1.29 is 0 Å². The van der Waals surface area contributed by atoms with E-state index in [9.17, 15) is 0 Å². The van der Waals surface area contributed by atoms with Crippen LogP contribution in [0.3, 0.4) is 0 Å². The molecule has 0 atom stereocenters. The lowest BCUT2D eigenvalue weighted by Crippen LogP contribution is -1.92. The van der Waals surface area contributed by atoms with Gasteiger partial charge in [0.1, 0.15) is 0 Å². The van der Waals surface area contributed by atoms with E-state index in [1.165, 1.54) is 5.57 Å². The van der Waals surface area contributed by atoms with E-state index in [-0.39, 0.29) is 0 Å². The van der Waals surface area contributed by atoms with Gasteiger partial charge in [-0.2, -0.15) is 0 Å². The van der Waals surface area contributed by atoms with Crippen molar-refractivity contribution in [3.8, 4) is 0 Å². The van der Waals surface area contributed by atoms with Gasteiger partial charge in [-0.3, -0.25) is 0 Å². The Bertz CT molecular complexity index is 105. The molecule has 0 saturated heterocycles. The van der Waals surface area contributed by atoms with Gasteiger partial charge in [0.15, 0.2) is 0 Å². The van der Waals surface area contributed by atoms with Crippen LogP contribution in [0.1, 0.15) is 6.92 Å². The second-order valence-electron chi connectivity index (χ2n) is 1.47. The molecule has 0 amide bonds. The van der Waals surface area contributed by atoms with Crippen LogP contribution in [-0.4, -0.2) is 7.05 Å². The summed E-state index contributed by atoms with van der Waals surface area (Å²) in [4.78, 5) is 0. The fraction of sp³-hybridized carbons (Fsp3) is 0.333. The Morgan fingerprint density at radius 2 is 2.25 bits per heavy atom. The largest absolute Gasteiger partial charge is 0.394 e. The van der Waals surface area contributed by atoms with E-state index in [0.717, 1.165) is 0 Å². The Kier molecular flexibility index (Phi) is 5.16. The number of nitrogens with one attached hydrogen (secondary N) is 1. The molecule has 1 nitrogen and oxygen atoms in total. The molecule has 2 heteroatoms. The van der Waals surface area contributed by atoms with Gasteiger partial charge in [-0.05, 0) is 22.8 Å². The van der Waals surface area contributed by atoms with Crippen molar-refractivity contribution in [2.45, 2.75) is 6.92 Å². The van der Waals surface area contributed by atoms with Crippen LogP contribution < -0.4 is 5.32 Å². The minimum absolute atomic E-state index is 1.24. The van der Waals surface area contributed by atoms with Crippen LogP contribution in [0.25, 0.3) is 0 Å². The fourth-order valence-corrected chi connectivity index (χ4v) is 0.942. The van der Waals surface area contributed by atoms with Crippen molar-refractivity contribution in [3.63, 3.8) is 0 Å². The predicted octanol–water partition coefficient (Wildman–Crippen LogP) is 2.06. The molecule has 0 rings (SSSR count). The topological polar surface area (TPSA) is 12.0 Å². The Hall–Kier alpha value is 0.01000. The summed E-state index contributed by atoms with van der Waals surface area (Å²) < 4.78 is 1.99. The predicted molar refractivity (Wildman–Crippen MR) is 46.0 cm³/mol. The van der Waals surface area contributed by atoms with Gasteiger partial charge in [-0.1, -0.05) is 28.7 Å². The van der Waals surface area contributed by atoms with Crippen LogP contribution in [0.4, 0.5) is 0 Å². The van der Waals surface area contributed by atoms with Gasteiger partial charge in [0.2, 0.25) is 0 Å². The van der Waals surface area contributed by atoms with Crippen molar-refractivity contribution >= 4 is 22.6 Å². The lowest BCUT2D eigenvalue weighted by Gasteiger charge is -1.88. The number of halogens is 1. The van der Waals surface area contributed by atoms with Gasteiger partial charge >= 0.3 is 0 Å². The molecule has 0 bridgehead atoms. The van der Waals surface area contributed by atoms with Crippen LogP contribution >= 0.6 is 22.6 Å². The second-order valence-corrected chi connectivity index (χ2v) is 2.19. The molecule has 0 saturated carbocycles. The van der Waals surface area contributed by atoms with Crippen LogP contribution in [0.15, 0.2) is 21.9 Å². The van der Waals surface area contributed by atoms with Crippen molar-refractivity contribution in [2.24, 2.45) is 0 Å². The lowest BCUT2D eigenvalue weighted by molar-refractivity contribution is 1.08. The number of hydrogen-bond donors (Lipinski definition) is 1. The molecule has 8 heavy (non-hydrogen) atoms.